The molecule has 0 heterocycles. The van der Waals surface area contributed by atoms with E-state index in [1.165, 1.54) is 57.8 Å². The minimum Gasteiger partial charge on any atom is -0.480 e. The molecule has 4 N–H and O–H groups in total. The van der Waals surface area contributed by atoms with Crippen molar-refractivity contribution in [3.63, 3.8) is 0 Å². The van der Waals surface area contributed by atoms with Crippen molar-refractivity contribution in [1.82, 2.24) is 0 Å². The predicted octanol–water partition coefficient (Wildman–Crippen LogP) is 10.4. The molecule has 0 aromatic heterocycles. The van der Waals surface area contributed by atoms with Crippen molar-refractivity contribution >= 4 is 25.7 Å². The van der Waals surface area contributed by atoms with E-state index in [4.69, 9.17) is 24.8 Å². The second-order valence-corrected chi connectivity index (χ2v) is 15.0. The van der Waals surface area contributed by atoms with Gasteiger partial charge >= 0.3 is 25.7 Å². The molecule has 0 fully saturated rings. The van der Waals surface area contributed by atoms with E-state index in [0.717, 1.165) is 64.2 Å². The number of hydrogen-bond donors (Lipinski definition) is 3. The fourth-order valence-electron chi connectivity index (χ4n) is 5.29. The van der Waals surface area contributed by atoms with Crippen molar-refractivity contribution in [2.45, 2.75) is 167 Å². The summed E-state index contributed by atoms with van der Waals surface area (Å²) in [5.74, 6) is -2.42. The Bertz CT molecular complexity index is 1140. The van der Waals surface area contributed by atoms with Crippen LogP contribution in [0.15, 0.2) is 61.3 Å². The monoisotopic (exact) mass is 781 g/mol. The van der Waals surface area contributed by atoms with E-state index in [0.29, 0.717) is 12.8 Å². The Morgan fingerprint density at radius 1 is 0.630 bits per heavy atom. The SMILES string of the molecule is C=CCCCCCCCCCCCCCCCC(=O)O[C@H](COC(=O)CCCCCCC/C=C/C=C/C=C/C=C/CC)COP(=O)(O)OC[C@H](N)C(=O)O. The van der Waals surface area contributed by atoms with Gasteiger partial charge < -0.3 is 25.2 Å². The van der Waals surface area contributed by atoms with Crippen LogP contribution in [-0.4, -0.2) is 59.9 Å². The van der Waals surface area contributed by atoms with E-state index in [9.17, 15) is 23.8 Å². The highest BCUT2D eigenvalue weighted by atomic mass is 31.2. The second-order valence-electron chi connectivity index (χ2n) is 13.6. The molecule has 54 heavy (non-hydrogen) atoms. The van der Waals surface area contributed by atoms with Gasteiger partial charge in [-0.3, -0.25) is 23.4 Å². The zero-order chi connectivity index (χ0) is 40.0. The normalized spacial score (nSPS) is 14.2. The number of rotatable bonds is 38. The highest BCUT2D eigenvalue weighted by molar-refractivity contribution is 7.47. The maximum Gasteiger partial charge on any atom is 0.472 e. The highest BCUT2D eigenvalue weighted by Crippen LogP contribution is 2.43. The lowest BCUT2D eigenvalue weighted by atomic mass is 10.0. The van der Waals surface area contributed by atoms with Gasteiger partial charge in [0.05, 0.1) is 13.2 Å². The van der Waals surface area contributed by atoms with Gasteiger partial charge in [-0.15, -0.1) is 6.58 Å². The van der Waals surface area contributed by atoms with Crippen LogP contribution in [-0.2, 0) is 37.5 Å². The standard InChI is InChI=1S/C42H72NO10P/c1-3-5-7-9-11-13-15-17-19-21-23-25-27-29-31-33-40(44)50-35-38(36-51-54(48,49)52-37-39(43)42(46)47)53-41(45)34-32-30-28-26-24-22-20-18-16-14-12-10-8-6-4-2/h4-5,7,9,11,13,15,17,19,38-39H,2-3,6,8,10,12,14,16,18,20-37,43H2,1H3,(H,46,47)(H,48,49)/b7-5+,11-9+,15-13+,19-17+/t38-,39+/m1/s1. The van der Waals surface area contributed by atoms with Crippen LogP contribution in [0.4, 0.5) is 0 Å². The summed E-state index contributed by atoms with van der Waals surface area (Å²) in [6.07, 6.45) is 40.3. The lowest BCUT2D eigenvalue weighted by Crippen LogP contribution is -2.34. The molecule has 310 valence electrons. The van der Waals surface area contributed by atoms with Crippen LogP contribution < -0.4 is 5.73 Å². The van der Waals surface area contributed by atoms with E-state index in [-0.39, 0.29) is 19.4 Å². The molecule has 0 rings (SSSR count). The summed E-state index contributed by atoms with van der Waals surface area (Å²) in [5, 5.41) is 8.87. The van der Waals surface area contributed by atoms with Crippen LogP contribution in [0.25, 0.3) is 0 Å². The second kappa shape index (κ2) is 37.1. The third-order valence-electron chi connectivity index (χ3n) is 8.49. The predicted molar refractivity (Wildman–Crippen MR) is 217 cm³/mol. The summed E-state index contributed by atoms with van der Waals surface area (Å²) in [6.45, 7) is 4.14. The van der Waals surface area contributed by atoms with Crippen molar-refractivity contribution in [3.8, 4) is 0 Å². The Morgan fingerprint density at radius 2 is 1.07 bits per heavy atom. The van der Waals surface area contributed by atoms with Gasteiger partial charge in [0.15, 0.2) is 6.10 Å². The molecule has 0 saturated carbocycles. The molecule has 0 bridgehead atoms. The largest absolute Gasteiger partial charge is 0.480 e. The van der Waals surface area contributed by atoms with Crippen LogP contribution in [0.3, 0.4) is 0 Å². The number of carboxylic acids is 1. The summed E-state index contributed by atoms with van der Waals surface area (Å²) in [7, 11) is -4.72. The molecule has 0 radical (unpaired) electrons. The minimum absolute atomic E-state index is 0.152. The summed E-state index contributed by atoms with van der Waals surface area (Å²) in [5.41, 5.74) is 5.32. The summed E-state index contributed by atoms with van der Waals surface area (Å²) < 4.78 is 32.6. The van der Waals surface area contributed by atoms with Crippen molar-refractivity contribution in [1.29, 1.82) is 0 Å². The molecule has 3 atom stereocenters. The first-order valence-corrected chi connectivity index (χ1v) is 21.8. The summed E-state index contributed by atoms with van der Waals surface area (Å²) in [6, 6.07) is -1.53. The summed E-state index contributed by atoms with van der Waals surface area (Å²) in [4.78, 5) is 45.9. The lowest BCUT2D eigenvalue weighted by Gasteiger charge is -2.20. The number of hydrogen-bond acceptors (Lipinski definition) is 9. The first kappa shape index (κ1) is 51.2. The van der Waals surface area contributed by atoms with Crippen molar-refractivity contribution in [2.75, 3.05) is 19.8 Å². The summed E-state index contributed by atoms with van der Waals surface area (Å²) >= 11 is 0. The van der Waals surface area contributed by atoms with Crippen LogP contribution in [0.1, 0.15) is 155 Å². The average molecular weight is 782 g/mol. The van der Waals surface area contributed by atoms with Crippen molar-refractivity contribution < 1.29 is 47.5 Å². The molecule has 12 heteroatoms. The van der Waals surface area contributed by atoms with E-state index in [2.05, 4.69) is 30.2 Å². The number of nitrogens with two attached hydrogens (primary N) is 1. The van der Waals surface area contributed by atoms with Crippen molar-refractivity contribution in [3.05, 3.63) is 61.3 Å². The topological polar surface area (TPSA) is 172 Å². The average Bonchev–Trinajstić information content (AvgIpc) is 3.14. The van der Waals surface area contributed by atoms with Crippen LogP contribution in [0.2, 0.25) is 0 Å². The van der Waals surface area contributed by atoms with Gasteiger partial charge in [0.2, 0.25) is 0 Å². The molecule has 0 aliphatic heterocycles. The number of phosphoric ester groups is 1. The number of phosphoric acid groups is 1. The smallest absolute Gasteiger partial charge is 0.472 e. The van der Waals surface area contributed by atoms with E-state index >= 15 is 0 Å². The Balaban J connectivity index is 4.43. The van der Waals surface area contributed by atoms with Gasteiger partial charge in [-0.05, 0) is 44.9 Å². The number of carboxylic acid groups (broad SMARTS) is 1. The van der Waals surface area contributed by atoms with Gasteiger partial charge in [-0.2, -0.15) is 0 Å². The van der Waals surface area contributed by atoms with Gasteiger partial charge in [-0.25, -0.2) is 4.57 Å². The fourth-order valence-corrected chi connectivity index (χ4v) is 6.07. The Kier molecular flexibility index (Phi) is 35.2. The molecular formula is C42H72NO10P. The zero-order valence-corrected chi connectivity index (χ0v) is 34.0. The number of esters is 2. The molecule has 0 spiro atoms. The quantitative estimate of drug-likeness (QED) is 0.0179. The Labute approximate surface area is 326 Å². The van der Waals surface area contributed by atoms with Gasteiger partial charge in [-0.1, -0.05) is 151 Å². The third kappa shape index (κ3) is 36.2. The van der Waals surface area contributed by atoms with Gasteiger partial charge in [0.25, 0.3) is 0 Å². The van der Waals surface area contributed by atoms with Gasteiger partial charge in [0, 0.05) is 12.8 Å². The fraction of sp³-hybridized carbons (Fsp3) is 0.690. The van der Waals surface area contributed by atoms with Gasteiger partial charge in [0.1, 0.15) is 12.6 Å². The lowest BCUT2D eigenvalue weighted by molar-refractivity contribution is -0.161. The number of unbranched alkanes of at least 4 members (excludes halogenated alkanes) is 18. The van der Waals surface area contributed by atoms with E-state index in [1.54, 1.807) is 0 Å². The maximum atomic E-state index is 12.6. The number of ether oxygens (including phenoxy) is 2. The molecule has 0 aromatic carbocycles. The molecule has 11 nitrogen and oxygen atoms in total. The molecule has 0 aromatic rings. The van der Waals surface area contributed by atoms with Crippen LogP contribution >= 0.6 is 7.82 Å². The maximum absolute atomic E-state index is 12.6. The van der Waals surface area contributed by atoms with Crippen LogP contribution in [0.5, 0.6) is 0 Å². The van der Waals surface area contributed by atoms with Crippen molar-refractivity contribution in [2.24, 2.45) is 5.73 Å². The number of allylic oxidation sites excluding steroid dienone is 9. The highest BCUT2D eigenvalue weighted by Gasteiger charge is 2.28. The molecule has 0 saturated heterocycles. The minimum atomic E-state index is -4.72. The van der Waals surface area contributed by atoms with E-state index in [1.807, 2.05) is 42.5 Å². The number of aliphatic carboxylic acids is 1. The number of carbonyl (C=O) groups excluding carboxylic acids is 2. The molecule has 0 aliphatic carbocycles. The molecule has 0 aliphatic rings. The first-order chi connectivity index (χ1) is 26.1. The Morgan fingerprint density at radius 3 is 1.59 bits per heavy atom. The molecule has 0 amide bonds. The zero-order valence-electron chi connectivity index (χ0n) is 33.1. The van der Waals surface area contributed by atoms with E-state index < -0.39 is 51.1 Å². The third-order valence-corrected chi connectivity index (χ3v) is 9.44. The molecule has 1 unspecified atom stereocenters. The van der Waals surface area contributed by atoms with Crippen LogP contribution in [0, 0.1) is 0 Å². The molecular weight excluding hydrogens is 709 g/mol. The Hall–Kier alpha value is -2.82. The number of carbonyl (C=O) groups is 3. The first-order valence-electron chi connectivity index (χ1n) is 20.3.